The van der Waals surface area contributed by atoms with Crippen LogP contribution in [0.2, 0.25) is 0 Å². The van der Waals surface area contributed by atoms with Gasteiger partial charge >= 0.3 is 5.97 Å². The maximum atomic E-state index is 12.5. The molecule has 0 amide bonds. The van der Waals surface area contributed by atoms with E-state index < -0.39 is 5.97 Å². The van der Waals surface area contributed by atoms with Crippen molar-refractivity contribution in [2.45, 2.75) is 39.3 Å². The number of ether oxygens (including phenoxy) is 2. The standard InChI is InChI=1S/C19H22N2O4/c1-13-9-17(14(2)21(13)11-16-6-4-8-24-16)18(22)12-25-19(23)15-5-3-7-20-10-15/h3,5,7,9-10,16H,4,6,8,11-12H2,1-2H3/t16-/m1/s1. The zero-order valence-corrected chi connectivity index (χ0v) is 14.5. The summed E-state index contributed by atoms with van der Waals surface area (Å²) in [6.45, 7) is 5.16. The van der Waals surface area contributed by atoms with Crippen LogP contribution < -0.4 is 0 Å². The van der Waals surface area contributed by atoms with Gasteiger partial charge in [-0.3, -0.25) is 9.78 Å². The largest absolute Gasteiger partial charge is 0.454 e. The van der Waals surface area contributed by atoms with Crippen LogP contribution in [0.1, 0.15) is 44.9 Å². The second kappa shape index (κ2) is 7.61. The minimum absolute atomic E-state index is 0.205. The summed E-state index contributed by atoms with van der Waals surface area (Å²) in [5.41, 5.74) is 2.82. The molecule has 0 spiro atoms. The van der Waals surface area contributed by atoms with Crippen molar-refractivity contribution in [1.29, 1.82) is 0 Å². The summed E-state index contributed by atoms with van der Waals surface area (Å²) in [6.07, 6.45) is 5.32. The Morgan fingerprint density at radius 2 is 2.24 bits per heavy atom. The summed E-state index contributed by atoms with van der Waals surface area (Å²) in [6, 6.07) is 5.11. The number of carbonyl (C=O) groups excluding carboxylic acids is 2. The number of Topliss-reactive ketones (excluding diaryl/α,β-unsaturated/α-hetero) is 1. The molecule has 1 saturated heterocycles. The third-order valence-corrected chi connectivity index (χ3v) is 4.52. The number of aryl methyl sites for hydroxylation is 1. The van der Waals surface area contributed by atoms with Crippen LogP contribution in [0, 0.1) is 13.8 Å². The van der Waals surface area contributed by atoms with E-state index in [-0.39, 0.29) is 18.5 Å². The smallest absolute Gasteiger partial charge is 0.340 e. The quantitative estimate of drug-likeness (QED) is 0.596. The highest BCUT2D eigenvalue weighted by Gasteiger charge is 2.21. The minimum atomic E-state index is -0.547. The van der Waals surface area contributed by atoms with Crippen molar-refractivity contribution in [1.82, 2.24) is 9.55 Å². The van der Waals surface area contributed by atoms with Gasteiger partial charge in [-0.2, -0.15) is 0 Å². The lowest BCUT2D eigenvalue weighted by atomic mass is 10.1. The molecule has 0 aromatic carbocycles. The maximum absolute atomic E-state index is 12.5. The molecule has 0 unspecified atom stereocenters. The van der Waals surface area contributed by atoms with Gasteiger partial charge in [-0.1, -0.05) is 0 Å². The topological polar surface area (TPSA) is 70.4 Å². The lowest BCUT2D eigenvalue weighted by Gasteiger charge is -2.14. The van der Waals surface area contributed by atoms with Gasteiger partial charge < -0.3 is 14.0 Å². The van der Waals surface area contributed by atoms with Crippen molar-refractivity contribution in [3.63, 3.8) is 0 Å². The molecule has 1 aliphatic rings. The van der Waals surface area contributed by atoms with Crippen LogP contribution in [0.25, 0.3) is 0 Å². The molecule has 132 valence electrons. The van der Waals surface area contributed by atoms with Gasteiger partial charge in [0.2, 0.25) is 5.78 Å². The molecule has 3 heterocycles. The fraction of sp³-hybridized carbons (Fsp3) is 0.421. The van der Waals surface area contributed by atoms with E-state index in [4.69, 9.17) is 9.47 Å². The van der Waals surface area contributed by atoms with Gasteiger partial charge in [-0.15, -0.1) is 0 Å². The number of hydrogen-bond acceptors (Lipinski definition) is 5. The predicted molar refractivity (Wildman–Crippen MR) is 91.7 cm³/mol. The zero-order valence-electron chi connectivity index (χ0n) is 14.5. The first-order valence-electron chi connectivity index (χ1n) is 8.45. The van der Waals surface area contributed by atoms with E-state index >= 15 is 0 Å². The van der Waals surface area contributed by atoms with Gasteiger partial charge in [0, 0.05) is 42.5 Å². The van der Waals surface area contributed by atoms with E-state index in [1.807, 2.05) is 19.9 Å². The fourth-order valence-electron chi connectivity index (χ4n) is 3.13. The lowest BCUT2D eigenvalue weighted by Crippen LogP contribution is -2.18. The predicted octanol–water partition coefficient (Wildman–Crippen LogP) is 2.72. The third kappa shape index (κ3) is 3.96. The molecule has 0 aliphatic carbocycles. The van der Waals surface area contributed by atoms with Gasteiger partial charge in [-0.25, -0.2) is 4.79 Å². The van der Waals surface area contributed by atoms with E-state index in [1.54, 1.807) is 18.3 Å². The highest BCUT2D eigenvalue weighted by atomic mass is 16.5. The van der Waals surface area contributed by atoms with E-state index in [9.17, 15) is 9.59 Å². The summed E-state index contributed by atoms with van der Waals surface area (Å²) < 4.78 is 12.9. The lowest BCUT2D eigenvalue weighted by molar-refractivity contribution is 0.0474. The molecular weight excluding hydrogens is 320 g/mol. The number of pyridine rings is 1. The molecule has 0 bridgehead atoms. The van der Waals surface area contributed by atoms with Crippen molar-refractivity contribution in [2.75, 3.05) is 13.2 Å². The van der Waals surface area contributed by atoms with Crippen molar-refractivity contribution < 1.29 is 19.1 Å². The molecule has 0 N–H and O–H groups in total. The minimum Gasteiger partial charge on any atom is -0.454 e. The van der Waals surface area contributed by atoms with E-state index in [0.29, 0.717) is 11.1 Å². The van der Waals surface area contributed by atoms with Crippen LogP contribution in [0.15, 0.2) is 30.6 Å². The van der Waals surface area contributed by atoms with Gasteiger partial charge in [0.1, 0.15) is 0 Å². The average Bonchev–Trinajstić information content (AvgIpc) is 3.24. The summed E-state index contributed by atoms with van der Waals surface area (Å²) in [4.78, 5) is 28.3. The summed E-state index contributed by atoms with van der Waals surface area (Å²) >= 11 is 0. The van der Waals surface area contributed by atoms with Crippen molar-refractivity contribution in [3.8, 4) is 0 Å². The Hall–Kier alpha value is -2.47. The van der Waals surface area contributed by atoms with Crippen molar-refractivity contribution in [2.24, 2.45) is 0 Å². The molecule has 6 nitrogen and oxygen atoms in total. The van der Waals surface area contributed by atoms with Gasteiger partial charge in [-0.05, 0) is 44.9 Å². The number of ketones is 1. The molecule has 1 aliphatic heterocycles. The van der Waals surface area contributed by atoms with Crippen LogP contribution in [0.3, 0.4) is 0 Å². The highest BCUT2D eigenvalue weighted by molar-refractivity contribution is 6.00. The van der Waals surface area contributed by atoms with E-state index in [2.05, 4.69) is 9.55 Å². The molecule has 2 aromatic rings. The molecular formula is C19H22N2O4. The molecule has 3 rings (SSSR count). The number of esters is 1. The number of hydrogen-bond donors (Lipinski definition) is 0. The Morgan fingerprint density at radius 3 is 2.92 bits per heavy atom. The number of aromatic nitrogens is 2. The summed E-state index contributed by atoms with van der Waals surface area (Å²) in [5, 5.41) is 0. The number of rotatable bonds is 6. The van der Waals surface area contributed by atoms with Crippen molar-refractivity contribution >= 4 is 11.8 Å². The Balaban J connectivity index is 1.65. The first-order valence-corrected chi connectivity index (χ1v) is 8.45. The zero-order chi connectivity index (χ0) is 17.8. The molecule has 0 radical (unpaired) electrons. The Bertz CT molecular complexity index is 761. The number of carbonyl (C=O) groups is 2. The fourth-order valence-corrected chi connectivity index (χ4v) is 3.13. The molecule has 25 heavy (non-hydrogen) atoms. The Kier molecular flexibility index (Phi) is 5.28. The van der Waals surface area contributed by atoms with Crippen LogP contribution in [-0.2, 0) is 16.0 Å². The number of nitrogens with zero attached hydrogens (tertiary/aromatic N) is 2. The van der Waals surface area contributed by atoms with E-state index in [1.165, 1.54) is 6.20 Å². The first kappa shape index (κ1) is 17.4. The highest BCUT2D eigenvalue weighted by Crippen LogP contribution is 2.20. The second-order valence-electron chi connectivity index (χ2n) is 6.27. The monoisotopic (exact) mass is 342 g/mol. The average molecular weight is 342 g/mol. The van der Waals surface area contributed by atoms with Gasteiger partial charge in [0.15, 0.2) is 6.61 Å². The molecule has 0 saturated carbocycles. The molecule has 1 fully saturated rings. The first-order chi connectivity index (χ1) is 12.1. The van der Waals surface area contributed by atoms with E-state index in [0.717, 1.165) is 37.4 Å². The third-order valence-electron chi connectivity index (χ3n) is 4.52. The van der Waals surface area contributed by atoms with Crippen LogP contribution in [-0.4, -0.2) is 40.6 Å². The Labute approximate surface area is 146 Å². The van der Waals surface area contributed by atoms with Crippen LogP contribution in [0.4, 0.5) is 0 Å². The summed E-state index contributed by atoms with van der Waals surface area (Å²) in [5.74, 6) is -0.751. The Morgan fingerprint density at radius 1 is 1.40 bits per heavy atom. The maximum Gasteiger partial charge on any atom is 0.340 e. The molecule has 1 atom stereocenters. The van der Waals surface area contributed by atoms with Gasteiger partial charge in [0.05, 0.1) is 11.7 Å². The second-order valence-corrected chi connectivity index (χ2v) is 6.27. The SMILES string of the molecule is Cc1cc(C(=O)COC(=O)c2cccnc2)c(C)n1C[C@H]1CCCO1. The van der Waals surface area contributed by atoms with Crippen molar-refractivity contribution in [3.05, 3.63) is 53.1 Å². The van der Waals surface area contributed by atoms with Crippen LogP contribution >= 0.6 is 0 Å². The molecule has 6 heteroatoms. The normalized spacial score (nSPS) is 16.8. The van der Waals surface area contributed by atoms with Gasteiger partial charge in [0.25, 0.3) is 0 Å². The molecule has 2 aromatic heterocycles. The van der Waals surface area contributed by atoms with Crippen LogP contribution in [0.5, 0.6) is 0 Å². The summed E-state index contributed by atoms with van der Waals surface area (Å²) in [7, 11) is 0.